The minimum Gasteiger partial charge on any atom is -0.495 e. The van der Waals surface area contributed by atoms with Crippen LogP contribution in [0.5, 0.6) is 5.75 Å². The summed E-state index contributed by atoms with van der Waals surface area (Å²) in [5.74, 6) is -0.0380. The fourth-order valence-corrected chi connectivity index (χ4v) is 1.95. The second-order valence-electron chi connectivity index (χ2n) is 4.56. The molecule has 0 spiro atoms. The summed E-state index contributed by atoms with van der Waals surface area (Å²) in [6.45, 7) is 0. The van der Waals surface area contributed by atoms with E-state index in [1.54, 1.807) is 48.5 Å². The number of nitriles is 2. The molecule has 0 fully saturated rings. The van der Waals surface area contributed by atoms with Gasteiger partial charge in [0.2, 0.25) is 0 Å². The third-order valence-corrected chi connectivity index (χ3v) is 3.05. The monoisotopic (exact) mass is 303 g/mol. The molecule has 0 aromatic heterocycles. The van der Waals surface area contributed by atoms with Crippen LogP contribution in [0, 0.1) is 22.7 Å². The largest absolute Gasteiger partial charge is 0.495 e. The van der Waals surface area contributed by atoms with Crippen molar-refractivity contribution in [3.63, 3.8) is 0 Å². The van der Waals surface area contributed by atoms with E-state index in [-0.39, 0.29) is 5.57 Å². The molecule has 23 heavy (non-hydrogen) atoms. The third kappa shape index (κ3) is 3.96. The molecule has 0 unspecified atom stereocenters. The first-order valence-corrected chi connectivity index (χ1v) is 6.74. The molecule has 0 aliphatic carbocycles. The predicted octanol–water partition coefficient (Wildman–Crippen LogP) is 3.11. The van der Waals surface area contributed by atoms with E-state index in [0.717, 1.165) is 0 Å². The van der Waals surface area contributed by atoms with E-state index < -0.39 is 5.91 Å². The highest BCUT2D eigenvalue weighted by Crippen LogP contribution is 2.23. The molecule has 0 aliphatic heterocycles. The van der Waals surface area contributed by atoms with Gasteiger partial charge in [-0.2, -0.15) is 10.5 Å². The number of carbonyl (C=O) groups excluding carboxylic acids is 1. The molecule has 2 rings (SSSR count). The Balaban J connectivity index is 2.27. The van der Waals surface area contributed by atoms with Crippen LogP contribution < -0.4 is 10.1 Å². The van der Waals surface area contributed by atoms with Crippen LogP contribution >= 0.6 is 0 Å². The van der Waals surface area contributed by atoms with Gasteiger partial charge in [0.1, 0.15) is 17.4 Å². The highest BCUT2D eigenvalue weighted by Gasteiger charge is 2.12. The summed E-state index contributed by atoms with van der Waals surface area (Å²) in [5, 5.41) is 20.7. The molecule has 1 N–H and O–H groups in total. The number of methoxy groups -OCH3 is 1. The van der Waals surface area contributed by atoms with Gasteiger partial charge in [0.05, 0.1) is 24.4 Å². The molecule has 2 aromatic rings. The van der Waals surface area contributed by atoms with Gasteiger partial charge >= 0.3 is 0 Å². The average molecular weight is 303 g/mol. The van der Waals surface area contributed by atoms with Crippen LogP contribution in [0.4, 0.5) is 5.69 Å². The summed E-state index contributed by atoms with van der Waals surface area (Å²) in [5.41, 5.74) is 1.48. The molecular weight excluding hydrogens is 290 g/mol. The Morgan fingerprint density at radius 1 is 1.17 bits per heavy atom. The Morgan fingerprint density at radius 2 is 1.96 bits per heavy atom. The van der Waals surface area contributed by atoms with E-state index in [1.165, 1.54) is 13.2 Å². The number of hydrogen-bond donors (Lipinski definition) is 1. The minimum atomic E-state index is -0.542. The van der Waals surface area contributed by atoms with Crippen molar-refractivity contribution in [2.75, 3.05) is 12.4 Å². The van der Waals surface area contributed by atoms with E-state index in [0.29, 0.717) is 22.6 Å². The molecule has 0 atom stereocenters. The van der Waals surface area contributed by atoms with Crippen LogP contribution in [0.15, 0.2) is 54.1 Å². The van der Waals surface area contributed by atoms with Crippen molar-refractivity contribution < 1.29 is 9.53 Å². The van der Waals surface area contributed by atoms with Crippen molar-refractivity contribution in [1.82, 2.24) is 0 Å². The van der Waals surface area contributed by atoms with Crippen LogP contribution in [0.25, 0.3) is 6.08 Å². The molecule has 0 bridgehead atoms. The van der Waals surface area contributed by atoms with E-state index in [9.17, 15) is 10.1 Å². The van der Waals surface area contributed by atoms with Gasteiger partial charge in [0.25, 0.3) is 5.91 Å². The quantitative estimate of drug-likeness (QED) is 0.694. The van der Waals surface area contributed by atoms with Crippen LogP contribution in [-0.4, -0.2) is 13.0 Å². The first-order valence-electron chi connectivity index (χ1n) is 6.74. The summed E-state index contributed by atoms with van der Waals surface area (Å²) in [6, 6.07) is 17.5. The number of amides is 1. The highest BCUT2D eigenvalue weighted by molar-refractivity contribution is 6.10. The lowest BCUT2D eigenvalue weighted by Crippen LogP contribution is -2.14. The lowest BCUT2D eigenvalue weighted by molar-refractivity contribution is -0.112. The van der Waals surface area contributed by atoms with Crippen molar-refractivity contribution in [2.45, 2.75) is 0 Å². The zero-order chi connectivity index (χ0) is 16.7. The van der Waals surface area contributed by atoms with Crippen LogP contribution in [0.2, 0.25) is 0 Å². The Hall–Kier alpha value is -3.57. The van der Waals surface area contributed by atoms with Gasteiger partial charge in [-0.25, -0.2) is 0 Å². The molecule has 5 nitrogen and oxygen atoms in total. The Bertz CT molecular complexity index is 842. The fourth-order valence-electron chi connectivity index (χ4n) is 1.95. The molecule has 0 saturated heterocycles. The maximum Gasteiger partial charge on any atom is 0.266 e. The van der Waals surface area contributed by atoms with Crippen molar-refractivity contribution in [2.24, 2.45) is 0 Å². The number of benzene rings is 2. The smallest absolute Gasteiger partial charge is 0.266 e. The van der Waals surface area contributed by atoms with Gasteiger partial charge in [-0.15, -0.1) is 0 Å². The van der Waals surface area contributed by atoms with E-state index in [4.69, 9.17) is 10.00 Å². The number of carbonyl (C=O) groups is 1. The topological polar surface area (TPSA) is 85.9 Å². The third-order valence-electron chi connectivity index (χ3n) is 3.05. The van der Waals surface area contributed by atoms with E-state index in [1.807, 2.05) is 12.1 Å². The van der Waals surface area contributed by atoms with Gasteiger partial charge in [-0.05, 0) is 35.9 Å². The molecule has 2 aromatic carbocycles. The Labute approximate surface area is 134 Å². The molecule has 5 heteroatoms. The SMILES string of the molecule is COc1ccccc1NC(=O)/C(C#N)=C/c1cccc(C#N)c1. The van der Waals surface area contributed by atoms with Crippen molar-refractivity contribution in [1.29, 1.82) is 10.5 Å². The van der Waals surface area contributed by atoms with Crippen LogP contribution in [0.1, 0.15) is 11.1 Å². The molecule has 0 radical (unpaired) electrons. The number of anilines is 1. The van der Waals surface area contributed by atoms with Gasteiger partial charge in [0, 0.05) is 0 Å². The summed E-state index contributed by atoms with van der Waals surface area (Å²) in [4.78, 5) is 12.2. The number of nitrogens with one attached hydrogen (secondary N) is 1. The molecule has 0 saturated carbocycles. The first-order chi connectivity index (χ1) is 11.2. The lowest BCUT2D eigenvalue weighted by atomic mass is 10.1. The molecule has 1 amide bonds. The summed E-state index contributed by atoms with van der Waals surface area (Å²) in [7, 11) is 1.50. The second kappa shape index (κ2) is 7.44. The van der Waals surface area contributed by atoms with Gasteiger partial charge in [-0.1, -0.05) is 24.3 Å². The Kier molecular flexibility index (Phi) is 5.12. The van der Waals surface area contributed by atoms with Gasteiger partial charge in [-0.3, -0.25) is 4.79 Å². The zero-order valence-electron chi connectivity index (χ0n) is 12.4. The van der Waals surface area contributed by atoms with Crippen molar-refractivity contribution in [3.05, 3.63) is 65.2 Å². The van der Waals surface area contributed by atoms with Gasteiger partial charge < -0.3 is 10.1 Å². The van der Waals surface area contributed by atoms with Crippen LogP contribution in [-0.2, 0) is 4.79 Å². The summed E-state index contributed by atoms with van der Waals surface area (Å²) >= 11 is 0. The van der Waals surface area contributed by atoms with E-state index in [2.05, 4.69) is 5.32 Å². The summed E-state index contributed by atoms with van der Waals surface area (Å²) < 4.78 is 5.16. The maximum absolute atomic E-state index is 12.2. The maximum atomic E-state index is 12.2. The number of para-hydroxylation sites is 2. The summed E-state index contributed by atoms with van der Waals surface area (Å²) in [6.07, 6.45) is 1.44. The number of ether oxygens (including phenoxy) is 1. The minimum absolute atomic E-state index is 0.0639. The van der Waals surface area contributed by atoms with E-state index >= 15 is 0 Å². The molecule has 0 aliphatic rings. The fraction of sp³-hybridized carbons (Fsp3) is 0.0556. The Morgan fingerprint density at radius 3 is 2.65 bits per heavy atom. The molecular formula is C18H13N3O2. The second-order valence-corrected chi connectivity index (χ2v) is 4.56. The number of rotatable bonds is 4. The number of nitrogens with zero attached hydrogens (tertiary/aromatic N) is 2. The molecule has 112 valence electrons. The zero-order valence-corrected chi connectivity index (χ0v) is 12.4. The number of hydrogen-bond acceptors (Lipinski definition) is 4. The predicted molar refractivity (Wildman–Crippen MR) is 86.4 cm³/mol. The lowest BCUT2D eigenvalue weighted by Gasteiger charge is -2.09. The molecule has 0 heterocycles. The highest BCUT2D eigenvalue weighted by atomic mass is 16.5. The normalized spacial score (nSPS) is 10.3. The van der Waals surface area contributed by atoms with Crippen molar-refractivity contribution in [3.8, 4) is 17.9 Å². The van der Waals surface area contributed by atoms with Gasteiger partial charge in [0.15, 0.2) is 0 Å². The van der Waals surface area contributed by atoms with Crippen molar-refractivity contribution >= 4 is 17.7 Å². The van der Waals surface area contributed by atoms with Crippen LogP contribution in [0.3, 0.4) is 0 Å². The average Bonchev–Trinajstić information content (AvgIpc) is 2.60. The standard InChI is InChI=1S/C18H13N3O2/c1-23-17-8-3-2-7-16(17)21-18(22)15(12-20)10-13-5-4-6-14(9-13)11-19/h2-10H,1H3,(H,21,22)/b15-10+. The first kappa shape index (κ1) is 15.8.